The molecule has 0 radical (unpaired) electrons. The third-order valence-electron chi connectivity index (χ3n) is 10.3. The summed E-state index contributed by atoms with van der Waals surface area (Å²) in [4.78, 5) is 0. The molecule has 0 aliphatic carbocycles. The van der Waals surface area contributed by atoms with E-state index in [4.69, 9.17) is 28.8 Å². The van der Waals surface area contributed by atoms with Crippen LogP contribution < -0.4 is 0 Å². The second-order valence-electron chi connectivity index (χ2n) is 15.1. The number of aliphatic hydroxyl groups is 4. The van der Waals surface area contributed by atoms with Crippen LogP contribution in [0.15, 0.2) is 59.3 Å². The van der Waals surface area contributed by atoms with Crippen molar-refractivity contribution in [2.45, 2.75) is 172 Å². The molecule has 5 aliphatic heterocycles. The number of epoxide rings is 1. The Morgan fingerprint density at radius 3 is 2.58 bits per heavy atom. The first kappa shape index (κ1) is 37.6. The molecule has 48 heavy (non-hydrogen) atoms. The maximum atomic E-state index is 11.4. The summed E-state index contributed by atoms with van der Waals surface area (Å²) in [7, 11) is 0. The van der Waals surface area contributed by atoms with E-state index in [2.05, 4.69) is 32.9 Å². The van der Waals surface area contributed by atoms with Gasteiger partial charge in [-0.05, 0) is 84.6 Å². The zero-order chi connectivity index (χ0) is 34.4. The van der Waals surface area contributed by atoms with E-state index in [9.17, 15) is 15.3 Å². The first-order chi connectivity index (χ1) is 22.9. The Labute approximate surface area is 287 Å². The lowest BCUT2D eigenvalue weighted by Gasteiger charge is -2.52. The zero-order valence-corrected chi connectivity index (χ0v) is 29.6. The molecule has 5 rings (SSSR count). The molecule has 4 N–H and O–H groups in total. The number of ether oxygens (including phenoxy) is 5. The molecule has 13 atom stereocenters. The largest absolute Gasteiger partial charge is 0.396 e. The SMILES string of the molecule is CC(C)=CC(O)C1CCC(CC2CC(C)=CC3(CC(O)C4OC(CC(C)C5OC5CCC=CC(C)=CC=CCCO)C(O)CC4O3)O2)O1. The molecule has 0 saturated carbocycles. The quantitative estimate of drug-likeness (QED) is 0.109. The fourth-order valence-corrected chi connectivity index (χ4v) is 8.00. The Hall–Kier alpha value is -1.66. The van der Waals surface area contributed by atoms with Crippen molar-refractivity contribution in [2.75, 3.05) is 6.61 Å². The first-order valence-electron chi connectivity index (χ1n) is 18.3. The van der Waals surface area contributed by atoms with Crippen molar-refractivity contribution >= 4 is 0 Å². The van der Waals surface area contributed by atoms with Crippen LogP contribution in [0.5, 0.6) is 0 Å². The minimum Gasteiger partial charge on any atom is -0.396 e. The van der Waals surface area contributed by atoms with Crippen LogP contribution in [0.25, 0.3) is 0 Å². The molecule has 0 amide bonds. The van der Waals surface area contributed by atoms with Crippen LogP contribution >= 0.6 is 0 Å². The van der Waals surface area contributed by atoms with Crippen LogP contribution in [0.3, 0.4) is 0 Å². The van der Waals surface area contributed by atoms with E-state index in [-0.39, 0.29) is 49.5 Å². The van der Waals surface area contributed by atoms with Crippen molar-refractivity contribution in [3.8, 4) is 0 Å². The molecule has 0 bridgehead atoms. The minimum absolute atomic E-state index is 0.00396. The first-order valence-corrected chi connectivity index (χ1v) is 18.3. The molecule has 0 aromatic rings. The van der Waals surface area contributed by atoms with Crippen LogP contribution in [0, 0.1) is 5.92 Å². The van der Waals surface area contributed by atoms with Gasteiger partial charge in [0.05, 0.1) is 61.0 Å². The highest BCUT2D eigenvalue weighted by Gasteiger charge is 2.54. The van der Waals surface area contributed by atoms with Crippen LogP contribution in [0.1, 0.15) is 98.8 Å². The smallest absolute Gasteiger partial charge is 0.191 e. The predicted molar refractivity (Wildman–Crippen MR) is 184 cm³/mol. The summed E-state index contributed by atoms with van der Waals surface area (Å²) >= 11 is 0. The summed E-state index contributed by atoms with van der Waals surface area (Å²) < 4.78 is 31.8. The molecule has 0 aromatic heterocycles. The molecular formula is C39H60O9. The van der Waals surface area contributed by atoms with Gasteiger partial charge in [-0.15, -0.1) is 0 Å². The van der Waals surface area contributed by atoms with Crippen molar-refractivity contribution in [3.63, 3.8) is 0 Å². The highest BCUT2D eigenvalue weighted by Crippen LogP contribution is 2.44. The van der Waals surface area contributed by atoms with Gasteiger partial charge < -0.3 is 44.1 Å². The van der Waals surface area contributed by atoms with Gasteiger partial charge in [0.1, 0.15) is 6.10 Å². The normalized spacial score (nSPS) is 39.9. The summed E-state index contributed by atoms with van der Waals surface area (Å²) in [5, 5.41) is 41.9. The lowest BCUT2D eigenvalue weighted by Crippen LogP contribution is -2.62. The van der Waals surface area contributed by atoms with Crippen LogP contribution in [0.4, 0.5) is 0 Å². The molecular weight excluding hydrogens is 612 g/mol. The van der Waals surface area contributed by atoms with Crippen LogP contribution in [-0.2, 0) is 23.7 Å². The van der Waals surface area contributed by atoms with Gasteiger partial charge in [-0.3, -0.25) is 0 Å². The number of aliphatic hydroxyl groups excluding tert-OH is 4. The van der Waals surface area contributed by atoms with Gasteiger partial charge in [-0.1, -0.05) is 60.1 Å². The summed E-state index contributed by atoms with van der Waals surface area (Å²) in [6.07, 6.45) is 17.6. The van der Waals surface area contributed by atoms with E-state index in [0.717, 1.165) is 48.8 Å². The van der Waals surface area contributed by atoms with Gasteiger partial charge in [-0.2, -0.15) is 0 Å². The molecule has 5 heterocycles. The minimum atomic E-state index is -1.06. The average Bonchev–Trinajstić information content (AvgIpc) is 3.64. The number of fused-ring (bicyclic) bond motifs is 1. The highest BCUT2D eigenvalue weighted by molar-refractivity contribution is 5.21. The van der Waals surface area contributed by atoms with E-state index < -0.39 is 42.4 Å². The highest BCUT2D eigenvalue weighted by atomic mass is 16.7. The van der Waals surface area contributed by atoms with Gasteiger partial charge in [0.15, 0.2) is 5.79 Å². The fraction of sp³-hybridized carbons (Fsp3) is 0.744. The van der Waals surface area contributed by atoms with Gasteiger partial charge in [0, 0.05) is 25.9 Å². The second kappa shape index (κ2) is 17.0. The predicted octanol–water partition coefficient (Wildman–Crippen LogP) is 5.37. The Balaban J connectivity index is 1.08. The molecule has 0 aromatic carbocycles. The van der Waals surface area contributed by atoms with Crippen molar-refractivity contribution in [1.82, 2.24) is 0 Å². The maximum absolute atomic E-state index is 11.4. The fourth-order valence-electron chi connectivity index (χ4n) is 8.00. The van der Waals surface area contributed by atoms with Crippen LogP contribution in [0.2, 0.25) is 0 Å². The van der Waals surface area contributed by atoms with Gasteiger partial charge >= 0.3 is 0 Å². The van der Waals surface area contributed by atoms with E-state index >= 15 is 0 Å². The standard InChI is InChI=1S/C39H60O9/c1-24(2)17-30(41)33-15-14-28(44-33)20-29-18-26(4)22-39(47-29)23-32(43)38-36(48-39)21-31(42)35(46-38)19-27(5)37-34(45-37)13-9-8-12-25(3)11-7-6-10-16-40/h6-8,11-12,17,22,27-38,40-43H,9-10,13-16,18-21,23H2,1-5H3. The lowest BCUT2D eigenvalue weighted by atomic mass is 9.84. The van der Waals surface area contributed by atoms with Crippen molar-refractivity contribution in [1.29, 1.82) is 0 Å². The second-order valence-corrected chi connectivity index (χ2v) is 15.1. The molecule has 9 nitrogen and oxygen atoms in total. The van der Waals surface area contributed by atoms with Gasteiger partial charge in [0.2, 0.25) is 0 Å². The molecule has 1 spiro atoms. The molecule has 4 saturated heterocycles. The van der Waals surface area contributed by atoms with E-state index in [1.54, 1.807) is 0 Å². The lowest BCUT2D eigenvalue weighted by molar-refractivity contribution is -0.341. The number of hydrogen-bond donors (Lipinski definition) is 4. The van der Waals surface area contributed by atoms with Gasteiger partial charge in [-0.25, -0.2) is 0 Å². The van der Waals surface area contributed by atoms with E-state index in [1.807, 2.05) is 44.2 Å². The molecule has 270 valence electrons. The van der Waals surface area contributed by atoms with Crippen LogP contribution in [-0.4, -0.2) is 100.0 Å². The van der Waals surface area contributed by atoms with Crippen molar-refractivity contribution in [2.24, 2.45) is 5.92 Å². The zero-order valence-electron chi connectivity index (χ0n) is 29.6. The maximum Gasteiger partial charge on any atom is 0.191 e. The number of rotatable bonds is 14. The number of allylic oxidation sites excluding steroid dienone is 6. The molecule has 5 aliphatic rings. The monoisotopic (exact) mass is 672 g/mol. The van der Waals surface area contributed by atoms with E-state index in [0.29, 0.717) is 25.7 Å². The summed E-state index contributed by atoms with van der Waals surface area (Å²) in [5.74, 6) is -0.847. The molecule has 9 heteroatoms. The Morgan fingerprint density at radius 2 is 1.81 bits per heavy atom. The average molecular weight is 673 g/mol. The summed E-state index contributed by atoms with van der Waals surface area (Å²) in [6, 6.07) is 0. The van der Waals surface area contributed by atoms with E-state index in [1.165, 1.54) is 0 Å². The van der Waals surface area contributed by atoms with Crippen molar-refractivity contribution in [3.05, 3.63) is 59.3 Å². The third kappa shape index (κ3) is 10.2. The summed E-state index contributed by atoms with van der Waals surface area (Å²) in [6.45, 7) is 10.4. The Bertz CT molecular complexity index is 1200. The summed E-state index contributed by atoms with van der Waals surface area (Å²) in [5.41, 5.74) is 3.38. The van der Waals surface area contributed by atoms with Gasteiger partial charge in [0.25, 0.3) is 0 Å². The topological polar surface area (TPSA) is 130 Å². The Kier molecular flexibility index (Phi) is 13.3. The molecule has 13 unspecified atom stereocenters. The number of hydrogen-bond acceptors (Lipinski definition) is 9. The molecule has 4 fully saturated rings. The van der Waals surface area contributed by atoms with Crippen molar-refractivity contribution < 1.29 is 44.1 Å². The third-order valence-corrected chi connectivity index (χ3v) is 10.3. The Morgan fingerprint density at radius 1 is 1.00 bits per heavy atom.